The third-order valence-electron chi connectivity index (χ3n) is 5.15. The predicted molar refractivity (Wildman–Crippen MR) is 92.2 cm³/mol. The van der Waals surface area contributed by atoms with E-state index in [0.29, 0.717) is 11.5 Å². The molecule has 4 rings (SSSR count). The van der Waals surface area contributed by atoms with Gasteiger partial charge in [-0.15, -0.1) is 0 Å². The second-order valence-corrected chi connectivity index (χ2v) is 6.73. The Morgan fingerprint density at radius 3 is 2.62 bits per heavy atom. The van der Waals surface area contributed by atoms with Crippen molar-refractivity contribution in [3.05, 3.63) is 41.1 Å². The maximum Gasteiger partial charge on any atom is 0.335 e. The SMILES string of the molecule is CN1CCC(c2nn(-c3ccc(C(=O)O)cc3)c3c2CCN3)CC1. The van der Waals surface area contributed by atoms with E-state index in [2.05, 4.69) is 17.3 Å². The fourth-order valence-corrected chi connectivity index (χ4v) is 3.74. The van der Waals surface area contributed by atoms with Gasteiger partial charge in [0, 0.05) is 18.0 Å². The van der Waals surface area contributed by atoms with Crippen molar-refractivity contribution in [2.75, 3.05) is 32.0 Å². The van der Waals surface area contributed by atoms with Crippen LogP contribution in [-0.4, -0.2) is 52.4 Å². The lowest BCUT2D eigenvalue weighted by Gasteiger charge is -2.28. The van der Waals surface area contributed by atoms with E-state index >= 15 is 0 Å². The van der Waals surface area contributed by atoms with Crippen molar-refractivity contribution in [2.24, 2.45) is 0 Å². The number of benzene rings is 1. The second kappa shape index (κ2) is 5.94. The molecule has 1 aromatic heterocycles. The number of fused-ring (bicyclic) bond motifs is 1. The van der Waals surface area contributed by atoms with Gasteiger partial charge in [-0.2, -0.15) is 5.10 Å². The minimum absolute atomic E-state index is 0.297. The molecule has 0 unspecified atom stereocenters. The zero-order valence-corrected chi connectivity index (χ0v) is 13.8. The lowest BCUT2D eigenvalue weighted by molar-refractivity contribution is 0.0697. The van der Waals surface area contributed by atoms with Crippen molar-refractivity contribution < 1.29 is 9.90 Å². The number of anilines is 1. The Morgan fingerprint density at radius 1 is 1.25 bits per heavy atom. The van der Waals surface area contributed by atoms with Gasteiger partial charge in [0.05, 0.1) is 16.9 Å². The van der Waals surface area contributed by atoms with E-state index in [4.69, 9.17) is 10.2 Å². The summed E-state index contributed by atoms with van der Waals surface area (Å²) in [5.41, 5.74) is 3.77. The van der Waals surface area contributed by atoms with Gasteiger partial charge < -0.3 is 15.3 Å². The molecule has 0 atom stereocenters. The number of aromatic nitrogens is 2. The van der Waals surface area contributed by atoms with Gasteiger partial charge in [0.2, 0.25) is 0 Å². The predicted octanol–water partition coefficient (Wildman–Crippen LogP) is 2.35. The summed E-state index contributed by atoms with van der Waals surface area (Å²) in [7, 11) is 2.17. The van der Waals surface area contributed by atoms with Crippen LogP contribution in [0.25, 0.3) is 5.69 Å². The van der Waals surface area contributed by atoms with E-state index in [9.17, 15) is 4.79 Å². The Morgan fingerprint density at radius 2 is 1.96 bits per heavy atom. The fraction of sp³-hybridized carbons (Fsp3) is 0.444. The van der Waals surface area contributed by atoms with Crippen molar-refractivity contribution in [3.8, 4) is 5.69 Å². The maximum atomic E-state index is 11.0. The lowest BCUT2D eigenvalue weighted by Crippen LogP contribution is -2.29. The molecule has 2 aliphatic heterocycles. The number of hydrogen-bond acceptors (Lipinski definition) is 4. The summed E-state index contributed by atoms with van der Waals surface area (Å²) in [5, 5.41) is 17.4. The molecule has 24 heavy (non-hydrogen) atoms. The van der Waals surface area contributed by atoms with Crippen LogP contribution in [0.1, 0.15) is 40.4 Å². The number of carboxylic acid groups (broad SMARTS) is 1. The molecule has 0 radical (unpaired) electrons. The van der Waals surface area contributed by atoms with Gasteiger partial charge in [0.25, 0.3) is 0 Å². The molecular weight excluding hydrogens is 304 g/mol. The first-order valence-corrected chi connectivity index (χ1v) is 8.51. The van der Waals surface area contributed by atoms with Crippen molar-refractivity contribution in [1.82, 2.24) is 14.7 Å². The third kappa shape index (κ3) is 2.57. The van der Waals surface area contributed by atoms with Crippen LogP contribution in [-0.2, 0) is 6.42 Å². The largest absolute Gasteiger partial charge is 0.478 e. The Bertz CT molecular complexity index is 758. The summed E-state index contributed by atoms with van der Waals surface area (Å²) >= 11 is 0. The number of carboxylic acids is 1. The second-order valence-electron chi connectivity index (χ2n) is 6.73. The zero-order valence-electron chi connectivity index (χ0n) is 13.8. The zero-order chi connectivity index (χ0) is 16.7. The highest BCUT2D eigenvalue weighted by Crippen LogP contribution is 2.36. The average Bonchev–Trinajstić information content (AvgIpc) is 3.18. The summed E-state index contributed by atoms with van der Waals surface area (Å²) in [6, 6.07) is 6.93. The molecule has 1 aromatic carbocycles. The van der Waals surface area contributed by atoms with Gasteiger partial charge in [-0.3, -0.25) is 0 Å². The summed E-state index contributed by atoms with van der Waals surface area (Å²) in [5.74, 6) is 0.693. The first kappa shape index (κ1) is 15.2. The minimum atomic E-state index is -0.905. The average molecular weight is 326 g/mol. The van der Waals surface area contributed by atoms with E-state index in [-0.39, 0.29) is 0 Å². The first-order valence-electron chi connectivity index (χ1n) is 8.51. The number of likely N-dealkylation sites (tertiary alicyclic amines) is 1. The molecule has 2 aliphatic rings. The minimum Gasteiger partial charge on any atom is -0.478 e. The van der Waals surface area contributed by atoms with Crippen LogP contribution in [0.15, 0.2) is 24.3 Å². The first-order chi connectivity index (χ1) is 11.6. The van der Waals surface area contributed by atoms with Crippen molar-refractivity contribution >= 4 is 11.8 Å². The Labute approximate surface area is 141 Å². The van der Waals surface area contributed by atoms with Crippen molar-refractivity contribution in [1.29, 1.82) is 0 Å². The van der Waals surface area contributed by atoms with Crippen LogP contribution in [0.4, 0.5) is 5.82 Å². The number of nitrogens with one attached hydrogen (secondary N) is 1. The molecule has 2 N–H and O–H groups in total. The quantitative estimate of drug-likeness (QED) is 0.906. The molecule has 0 saturated carbocycles. The van der Waals surface area contributed by atoms with Crippen LogP contribution >= 0.6 is 0 Å². The third-order valence-corrected chi connectivity index (χ3v) is 5.15. The summed E-state index contributed by atoms with van der Waals surface area (Å²) in [6.45, 7) is 3.18. The molecule has 0 spiro atoms. The molecular formula is C18H22N4O2. The van der Waals surface area contributed by atoms with E-state index in [0.717, 1.165) is 50.4 Å². The normalized spacial score (nSPS) is 18.4. The summed E-state index contributed by atoms with van der Waals surface area (Å²) in [6.07, 6.45) is 3.32. The Hall–Kier alpha value is -2.34. The standard InChI is InChI=1S/C18H22N4O2/c1-21-10-7-12(8-11-21)16-15-6-9-19-17(15)22(20-16)14-4-2-13(3-5-14)18(23)24/h2-5,12,19H,6-11H2,1H3,(H,23,24). The smallest absolute Gasteiger partial charge is 0.335 e. The number of hydrogen-bond donors (Lipinski definition) is 2. The van der Waals surface area contributed by atoms with Crippen LogP contribution in [0, 0.1) is 0 Å². The number of carbonyl (C=O) groups is 1. The maximum absolute atomic E-state index is 11.0. The van der Waals surface area contributed by atoms with Gasteiger partial charge >= 0.3 is 5.97 Å². The van der Waals surface area contributed by atoms with E-state index in [1.807, 2.05) is 16.8 Å². The monoisotopic (exact) mass is 326 g/mol. The molecule has 2 aromatic rings. The van der Waals surface area contributed by atoms with Crippen LogP contribution in [0.3, 0.4) is 0 Å². The number of piperidine rings is 1. The van der Waals surface area contributed by atoms with Crippen molar-refractivity contribution in [2.45, 2.75) is 25.2 Å². The number of rotatable bonds is 3. The summed E-state index contributed by atoms with van der Waals surface area (Å²) in [4.78, 5) is 13.4. The highest BCUT2D eigenvalue weighted by Gasteiger charge is 2.29. The molecule has 6 heteroatoms. The molecule has 3 heterocycles. The molecule has 0 amide bonds. The van der Waals surface area contributed by atoms with Gasteiger partial charge in [-0.25, -0.2) is 9.48 Å². The highest BCUT2D eigenvalue weighted by atomic mass is 16.4. The van der Waals surface area contributed by atoms with Crippen LogP contribution in [0.5, 0.6) is 0 Å². The highest BCUT2D eigenvalue weighted by molar-refractivity contribution is 5.87. The van der Waals surface area contributed by atoms with Crippen LogP contribution in [0.2, 0.25) is 0 Å². The van der Waals surface area contributed by atoms with E-state index in [1.54, 1.807) is 12.1 Å². The fourth-order valence-electron chi connectivity index (χ4n) is 3.74. The van der Waals surface area contributed by atoms with Gasteiger partial charge in [0.15, 0.2) is 0 Å². The van der Waals surface area contributed by atoms with E-state index in [1.165, 1.54) is 11.3 Å². The Kier molecular flexibility index (Phi) is 3.76. The van der Waals surface area contributed by atoms with E-state index < -0.39 is 5.97 Å². The molecule has 6 nitrogen and oxygen atoms in total. The number of aromatic carboxylic acids is 1. The molecule has 1 saturated heterocycles. The van der Waals surface area contributed by atoms with Gasteiger partial charge in [-0.05, 0) is 63.7 Å². The Balaban J connectivity index is 1.69. The van der Waals surface area contributed by atoms with Gasteiger partial charge in [-0.1, -0.05) is 0 Å². The molecule has 0 aliphatic carbocycles. The summed E-state index contributed by atoms with van der Waals surface area (Å²) < 4.78 is 1.95. The van der Waals surface area contributed by atoms with Crippen molar-refractivity contribution in [3.63, 3.8) is 0 Å². The molecule has 1 fully saturated rings. The molecule has 126 valence electrons. The molecule has 0 bridgehead atoms. The lowest BCUT2D eigenvalue weighted by atomic mass is 9.91. The topological polar surface area (TPSA) is 70.4 Å². The number of nitrogens with zero attached hydrogens (tertiary/aromatic N) is 3. The van der Waals surface area contributed by atoms with Gasteiger partial charge in [0.1, 0.15) is 5.82 Å². The van der Waals surface area contributed by atoms with Crippen LogP contribution < -0.4 is 5.32 Å².